The zero-order valence-corrected chi connectivity index (χ0v) is 11.4. The first kappa shape index (κ1) is 13.0. The fraction of sp³-hybridized carbons (Fsp3) is 0.667. The molecule has 3 heterocycles. The van der Waals surface area contributed by atoms with Crippen molar-refractivity contribution in [1.29, 1.82) is 0 Å². The third-order valence-electron chi connectivity index (χ3n) is 4.25. The summed E-state index contributed by atoms with van der Waals surface area (Å²) in [5, 5.41) is 3.44. The molecule has 1 aromatic rings. The third kappa shape index (κ3) is 3.14. The molecule has 4 nitrogen and oxygen atoms in total. The first-order chi connectivity index (χ1) is 9.45. The molecule has 0 bridgehead atoms. The minimum Gasteiger partial charge on any atom is -0.381 e. The maximum Gasteiger partial charge on any atom is 0.0578 e. The van der Waals surface area contributed by atoms with Gasteiger partial charge in [0.05, 0.1) is 11.7 Å². The Bertz CT molecular complexity index is 354. The fourth-order valence-electron chi connectivity index (χ4n) is 3.27. The Labute approximate surface area is 115 Å². The van der Waals surface area contributed by atoms with Crippen LogP contribution in [-0.2, 0) is 4.74 Å². The van der Waals surface area contributed by atoms with Crippen LogP contribution in [0.25, 0.3) is 0 Å². The molecular weight excluding hydrogens is 238 g/mol. The van der Waals surface area contributed by atoms with E-state index in [9.17, 15) is 0 Å². The predicted molar refractivity (Wildman–Crippen MR) is 75.0 cm³/mol. The molecule has 1 aromatic heterocycles. The zero-order valence-electron chi connectivity index (χ0n) is 11.4. The van der Waals surface area contributed by atoms with Gasteiger partial charge in [-0.25, -0.2) is 0 Å². The highest BCUT2D eigenvalue weighted by Gasteiger charge is 2.31. The highest BCUT2D eigenvalue weighted by atomic mass is 16.5. The van der Waals surface area contributed by atoms with Crippen LogP contribution in [-0.4, -0.2) is 49.3 Å². The lowest BCUT2D eigenvalue weighted by molar-refractivity contribution is 0.0201. The van der Waals surface area contributed by atoms with Crippen molar-refractivity contribution in [3.63, 3.8) is 0 Å². The summed E-state index contributed by atoms with van der Waals surface area (Å²) in [5.41, 5.74) is 1.23. The van der Waals surface area contributed by atoms with Crippen LogP contribution in [0.1, 0.15) is 24.6 Å². The Morgan fingerprint density at radius 2 is 2.00 bits per heavy atom. The maximum absolute atomic E-state index is 5.52. The van der Waals surface area contributed by atoms with E-state index < -0.39 is 0 Å². The molecule has 19 heavy (non-hydrogen) atoms. The van der Waals surface area contributed by atoms with E-state index in [2.05, 4.69) is 27.3 Å². The van der Waals surface area contributed by atoms with E-state index in [4.69, 9.17) is 4.74 Å². The number of rotatable bonds is 3. The molecular formula is C15H23N3O. The van der Waals surface area contributed by atoms with E-state index in [0.717, 1.165) is 52.2 Å². The number of aromatic nitrogens is 1. The van der Waals surface area contributed by atoms with Crippen molar-refractivity contribution >= 4 is 0 Å². The molecule has 2 fully saturated rings. The smallest absolute Gasteiger partial charge is 0.0578 e. The van der Waals surface area contributed by atoms with Crippen LogP contribution in [0.15, 0.2) is 24.4 Å². The van der Waals surface area contributed by atoms with Crippen molar-refractivity contribution in [3.8, 4) is 0 Å². The van der Waals surface area contributed by atoms with Gasteiger partial charge in [-0.05, 0) is 30.9 Å². The molecule has 2 aliphatic rings. The van der Waals surface area contributed by atoms with E-state index in [1.54, 1.807) is 0 Å². The Kier molecular flexibility index (Phi) is 4.43. The van der Waals surface area contributed by atoms with Gasteiger partial charge in [0.25, 0.3) is 0 Å². The van der Waals surface area contributed by atoms with Crippen molar-refractivity contribution in [2.24, 2.45) is 5.92 Å². The molecule has 0 aromatic carbocycles. The molecule has 0 spiro atoms. The maximum atomic E-state index is 5.52. The first-order valence-electron chi connectivity index (χ1n) is 7.38. The van der Waals surface area contributed by atoms with Gasteiger partial charge in [-0.1, -0.05) is 6.07 Å². The van der Waals surface area contributed by atoms with Gasteiger partial charge >= 0.3 is 0 Å². The average molecular weight is 261 g/mol. The van der Waals surface area contributed by atoms with Crippen molar-refractivity contribution < 1.29 is 4.74 Å². The molecule has 0 radical (unpaired) electrons. The van der Waals surface area contributed by atoms with E-state index in [1.165, 1.54) is 5.69 Å². The van der Waals surface area contributed by atoms with Gasteiger partial charge in [0.15, 0.2) is 0 Å². The van der Waals surface area contributed by atoms with Gasteiger partial charge < -0.3 is 10.1 Å². The Morgan fingerprint density at radius 1 is 1.21 bits per heavy atom. The van der Waals surface area contributed by atoms with Gasteiger partial charge in [0, 0.05) is 45.6 Å². The van der Waals surface area contributed by atoms with Gasteiger partial charge in [-0.15, -0.1) is 0 Å². The molecule has 104 valence electrons. The summed E-state index contributed by atoms with van der Waals surface area (Å²) >= 11 is 0. The van der Waals surface area contributed by atoms with Crippen molar-refractivity contribution in [1.82, 2.24) is 15.2 Å². The van der Waals surface area contributed by atoms with Crippen LogP contribution in [0.4, 0.5) is 0 Å². The van der Waals surface area contributed by atoms with Crippen LogP contribution in [0, 0.1) is 5.92 Å². The van der Waals surface area contributed by atoms with Gasteiger partial charge in [-0.2, -0.15) is 0 Å². The summed E-state index contributed by atoms with van der Waals surface area (Å²) < 4.78 is 5.52. The molecule has 2 saturated heterocycles. The average Bonchev–Trinajstić information content (AvgIpc) is 2.51. The topological polar surface area (TPSA) is 37.4 Å². The SMILES string of the molecule is c1ccc([C@@H](C2CCOCC2)N2CCNCC2)nc1. The number of pyridine rings is 1. The zero-order chi connectivity index (χ0) is 12.9. The normalized spacial score (nSPS) is 24.2. The fourth-order valence-corrected chi connectivity index (χ4v) is 3.27. The van der Waals surface area contributed by atoms with Gasteiger partial charge in [-0.3, -0.25) is 9.88 Å². The lowest BCUT2D eigenvalue weighted by atomic mass is 9.88. The summed E-state index contributed by atoms with van der Waals surface area (Å²) in [5.74, 6) is 0.682. The van der Waals surface area contributed by atoms with Gasteiger partial charge in [0.2, 0.25) is 0 Å². The Hall–Kier alpha value is -0.970. The monoisotopic (exact) mass is 261 g/mol. The summed E-state index contributed by atoms with van der Waals surface area (Å²) in [6.07, 6.45) is 4.24. The van der Waals surface area contributed by atoms with Crippen LogP contribution in [0.2, 0.25) is 0 Å². The molecule has 0 aliphatic carbocycles. The molecule has 3 rings (SSSR count). The summed E-state index contributed by atoms with van der Waals surface area (Å²) in [6, 6.07) is 6.76. The first-order valence-corrected chi connectivity index (χ1v) is 7.38. The third-order valence-corrected chi connectivity index (χ3v) is 4.25. The number of ether oxygens (including phenoxy) is 1. The lowest BCUT2D eigenvalue weighted by Crippen LogP contribution is -2.47. The number of piperazine rings is 1. The minimum absolute atomic E-state index is 0.465. The van der Waals surface area contributed by atoms with Crippen molar-refractivity contribution in [2.75, 3.05) is 39.4 Å². The van der Waals surface area contributed by atoms with Crippen LogP contribution in [0.3, 0.4) is 0 Å². The summed E-state index contributed by atoms with van der Waals surface area (Å²) in [6.45, 7) is 6.23. The molecule has 0 unspecified atom stereocenters. The number of nitrogens with one attached hydrogen (secondary N) is 1. The molecule has 1 N–H and O–H groups in total. The molecule has 1 atom stereocenters. The second-order valence-electron chi connectivity index (χ2n) is 5.44. The largest absolute Gasteiger partial charge is 0.381 e. The summed E-state index contributed by atoms with van der Waals surface area (Å²) in [7, 11) is 0. The van der Waals surface area contributed by atoms with Gasteiger partial charge in [0.1, 0.15) is 0 Å². The van der Waals surface area contributed by atoms with Crippen molar-refractivity contribution in [3.05, 3.63) is 30.1 Å². The minimum atomic E-state index is 0.465. The molecule has 0 saturated carbocycles. The molecule has 0 amide bonds. The van der Waals surface area contributed by atoms with E-state index in [0.29, 0.717) is 12.0 Å². The van der Waals surface area contributed by atoms with Crippen molar-refractivity contribution in [2.45, 2.75) is 18.9 Å². The number of hydrogen-bond acceptors (Lipinski definition) is 4. The van der Waals surface area contributed by atoms with E-state index in [1.807, 2.05) is 12.3 Å². The van der Waals surface area contributed by atoms with Crippen LogP contribution < -0.4 is 5.32 Å². The standard InChI is InChI=1S/C15H23N3O/c1-2-6-17-14(3-1)15(13-4-11-19-12-5-13)18-9-7-16-8-10-18/h1-3,6,13,15-16H,4-5,7-12H2/t15-/m1/s1. The highest BCUT2D eigenvalue weighted by molar-refractivity contribution is 5.11. The van der Waals surface area contributed by atoms with E-state index in [-0.39, 0.29) is 0 Å². The number of hydrogen-bond donors (Lipinski definition) is 1. The van der Waals surface area contributed by atoms with E-state index >= 15 is 0 Å². The quantitative estimate of drug-likeness (QED) is 0.894. The second-order valence-corrected chi connectivity index (χ2v) is 5.44. The van der Waals surface area contributed by atoms with Crippen LogP contribution in [0.5, 0.6) is 0 Å². The lowest BCUT2D eigenvalue weighted by Gasteiger charge is -2.40. The summed E-state index contributed by atoms with van der Waals surface area (Å²) in [4.78, 5) is 7.23. The van der Waals surface area contributed by atoms with Crippen LogP contribution >= 0.6 is 0 Å². The predicted octanol–water partition coefficient (Wildman–Crippen LogP) is 1.45. The number of nitrogens with zero attached hydrogens (tertiary/aromatic N) is 2. The second kappa shape index (κ2) is 6.46. The molecule has 4 heteroatoms. The Balaban J connectivity index is 1.81. The Morgan fingerprint density at radius 3 is 2.68 bits per heavy atom. The molecule has 2 aliphatic heterocycles. The highest BCUT2D eigenvalue weighted by Crippen LogP contribution is 2.34.